The molecular weight excluding hydrogens is 212 g/mol. The van der Waals surface area contributed by atoms with Crippen molar-refractivity contribution < 1.29 is 31.8 Å². The number of ether oxygens (including phenoxy) is 1. The van der Waals surface area contributed by atoms with E-state index >= 15 is 0 Å². The molecule has 0 aliphatic heterocycles. The van der Waals surface area contributed by atoms with Crippen molar-refractivity contribution in [2.75, 3.05) is 7.11 Å². The first kappa shape index (κ1) is 12.3. The first-order chi connectivity index (χ1) is 5.79. The number of esters is 1. The number of hydrogen-bond donors (Lipinski definition) is 0. The van der Waals surface area contributed by atoms with Gasteiger partial charge in [0.2, 0.25) is 0 Å². The van der Waals surface area contributed by atoms with Crippen LogP contribution in [0.3, 0.4) is 0 Å². The Bertz CT molecular complexity index is 214. The van der Waals surface area contributed by atoms with Gasteiger partial charge in [-0.3, -0.25) is 4.79 Å². The summed E-state index contributed by atoms with van der Waals surface area (Å²) in [4.78, 5) is 10.2. The molecule has 0 aliphatic rings. The van der Waals surface area contributed by atoms with Gasteiger partial charge in [0.15, 0.2) is 0 Å². The second-order valence-electron chi connectivity index (χ2n) is 1.97. The molecule has 0 saturated heterocycles. The lowest BCUT2D eigenvalue weighted by Crippen LogP contribution is -2.30. The number of rotatable bonds is 3. The SMILES string of the molecule is CO[P+](=O)C(OC(C)=O)C(F)(F)F. The van der Waals surface area contributed by atoms with E-state index in [2.05, 4.69) is 9.26 Å². The van der Waals surface area contributed by atoms with Gasteiger partial charge in [0, 0.05) is 6.92 Å². The molecule has 0 N–H and O–H groups in total. The van der Waals surface area contributed by atoms with Crippen LogP contribution in [0.2, 0.25) is 0 Å². The third-order valence-electron chi connectivity index (χ3n) is 0.929. The topological polar surface area (TPSA) is 52.6 Å². The molecule has 2 unspecified atom stereocenters. The van der Waals surface area contributed by atoms with Crippen LogP contribution in [0.5, 0.6) is 0 Å². The second-order valence-corrected chi connectivity index (χ2v) is 3.38. The fraction of sp³-hybridized carbons (Fsp3) is 0.800. The summed E-state index contributed by atoms with van der Waals surface area (Å²) in [6.45, 7) is 0.789. The Kier molecular flexibility index (Phi) is 4.29. The highest BCUT2D eigenvalue weighted by Crippen LogP contribution is 2.40. The van der Waals surface area contributed by atoms with Crippen molar-refractivity contribution in [2.24, 2.45) is 0 Å². The molecule has 0 radical (unpaired) electrons. The van der Waals surface area contributed by atoms with Crippen LogP contribution in [0.15, 0.2) is 0 Å². The standard InChI is InChI=1S/C5H7F3O4P/c1-3(9)12-4(5(6,7)8)13(10)11-2/h4H,1-2H3/q+1. The third kappa shape index (κ3) is 4.19. The normalized spacial score (nSPS) is 15.0. The summed E-state index contributed by atoms with van der Waals surface area (Å²) in [7, 11) is -2.25. The van der Waals surface area contributed by atoms with Gasteiger partial charge in [0.05, 0.1) is 7.11 Å². The van der Waals surface area contributed by atoms with Crippen LogP contribution in [-0.2, 0) is 18.6 Å². The van der Waals surface area contributed by atoms with E-state index in [1.807, 2.05) is 0 Å². The summed E-state index contributed by atoms with van der Waals surface area (Å²) >= 11 is 0. The number of halogens is 3. The lowest BCUT2D eigenvalue weighted by atomic mass is 10.7. The van der Waals surface area contributed by atoms with Crippen LogP contribution in [-0.4, -0.2) is 25.1 Å². The van der Waals surface area contributed by atoms with Crippen molar-refractivity contribution in [3.05, 3.63) is 0 Å². The van der Waals surface area contributed by atoms with Crippen LogP contribution in [0.25, 0.3) is 0 Å². The minimum atomic E-state index is -4.88. The average molecular weight is 219 g/mol. The molecule has 0 aromatic heterocycles. The molecule has 0 heterocycles. The number of carbonyl (C=O) groups is 1. The quantitative estimate of drug-likeness (QED) is 0.536. The van der Waals surface area contributed by atoms with Gasteiger partial charge in [-0.1, -0.05) is 0 Å². The summed E-state index contributed by atoms with van der Waals surface area (Å²) in [5, 5.41) is 0. The molecular formula is C5H7F3O4P+. The predicted octanol–water partition coefficient (Wildman–Crippen LogP) is 1.83. The van der Waals surface area contributed by atoms with Crippen molar-refractivity contribution in [3.63, 3.8) is 0 Å². The average Bonchev–Trinajstić information content (AvgIpc) is 1.96. The zero-order chi connectivity index (χ0) is 10.6. The Morgan fingerprint density at radius 3 is 2.15 bits per heavy atom. The molecule has 0 aromatic carbocycles. The molecule has 0 amide bonds. The zero-order valence-electron chi connectivity index (χ0n) is 6.79. The predicted molar refractivity (Wildman–Crippen MR) is 36.2 cm³/mol. The summed E-state index contributed by atoms with van der Waals surface area (Å²) in [5.41, 5.74) is 0. The monoisotopic (exact) mass is 219 g/mol. The molecule has 13 heavy (non-hydrogen) atoms. The van der Waals surface area contributed by atoms with E-state index in [9.17, 15) is 22.5 Å². The maximum atomic E-state index is 12.0. The van der Waals surface area contributed by atoms with E-state index in [0.29, 0.717) is 0 Å². The van der Waals surface area contributed by atoms with Gasteiger partial charge >= 0.3 is 26.0 Å². The van der Waals surface area contributed by atoms with Crippen molar-refractivity contribution in [3.8, 4) is 0 Å². The third-order valence-corrected chi connectivity index (χ3v) is 2.07. The van der Waals surface area contributed by atoms with Crippen molar-refractivity contribution >= 4 is 14.0 Å². The largest absolute Gasteiger partial charge is 0.563 e. The molecule has 8 heteroatoms. The lowest BCUT2D eigenvalue weighted by molar-refractivity contribution is -0.198. The Labute approximate surface area is 72.9 Å². The summed E-state index contributed by atoms with van der Waals surface area (Å²) in [5.74, 6) is -3.85. The zero-order valence-corrected chi connectivity index (χ0v) is 7.69. The molecule has 0 fully saturated rings. The Balaban J connectivity index is 4.56. The molecule has 0 rings (SSSR count). The van der Waals surface area contributed by atoms with Crippen LogP contribution >= 0.6 is 8.03 Å². The van der Waals surface area contributed by atoms with E-state index in [-0.39, 0.29) is 0 Å². The Hall–Kier alpha value is -0.680. The van der Waals surface area contributed by atoms with Gasteiger partial charge in [-0.25, -0.2) is 0 Å². The van der Waals surface area contributed by atoms with E-state index in [4.69, 9.17) is 0 Å². The van der Waals surface area contributed by atoms with Gasteiger partial charge in [-0.15, -0.1) is 4.52 Å². The first-order valence-corrected chi connectivity index (χ1v) is 4.28. The van der Waals surface area contributed by atoms with Crippen molar-refractivity contribution in [1.82, 2.24) is 0 Å². The summed E-state index contributed by atoms with van der Waals surface area (Å²) in [6.07, 6.45) is -4.88. The van der Waals surface area contributed by atoms with Crippen LogP contribution in [0.1, 0.15) is 6.92 Å². The molecule has 2 atom stereocenters. The van der Waals surface area contributed by atoms with Crippen LogP contribution in [0, 0.1) is 0 Å². The summed E-state index contributed by atoms with van der Waals surface area (Å²) < 4.78 is 54.3. The summed E-state index contributed by atoms with van der Waals surface area (Å²) in [6, 6.07) is 0. The first-order valence-electron chi connectivity index (χ1n) is 3.03. The van der Waals surface area contributed by atoms with Gasteiger partial charge in [-0.2, -0.15) is 13.2 Å². The Morgan fingerprint density at radius 2 is 1.92 bits per heavy atom. The van der Waals surface area contributed by atoms with Crippen LogP contribution < -0.4 is 0 Å². The molecule has 0 aliphatic carbocycles. The molecule has 0 aromatic rings. The van der Waals surface area contributed by atoms with Crippen molar-refractivity contribution in [2.45, 2.75) is 18.9 Å². The maximum Gasteiger partial charge on any atom is 0.563 e. The molecule has 0 spiro atoms. The van der Waals surface area contributed by atoms with E-state index < -0.39 is 26.0 Å². The Morgan fingerprint density at radius 1 is 1.46 bits per heavy atom. The highest BCUT2D eigenvalue weighted by atomic mass is 31.1. The highest BCUT2D eigenvalue weighted by Gasteiger charge is 2.58. The number of hydrogen-bond acceptors (Lipinski definition) is 4. The van der Waals surface area contributed by atoms with Crippen LogP contribution in [0.4, 0.5) is 13.2 Å². The molecule has 4 nitrogen and oxygen atoms in total. The fourth-order valence-electron chi connectivity index (χ4n) is 0.482. The number of alkyl halides is 3. The van der Waals surface area contributed by atoms with E-state index in [0.717, 1.165) is 14.0 Å². The fourth-order valence-corrected chi connectivity index (χ4v) is 1.15. The van der Waals surface area contributed by atoms with Gasteiger partial charge in [0.1, 0.15) is 0 Å². The van der Waals surface area contributed by atoms with Gasteiger partial charge in [-0.05, 0) is 4.57 Å². The number of carbonyl (C=O) groups excluding carboxylic acids is 1. The van der Waals surface area contributed by atoms with E-state index in [1.54, 1.807) is 0 Å². The van der Waals surface area contributed by atoms with E-state index in [1.165, 1.54) is 0 Å². The van der Waals surface area contributed by atoms with Gasteiger partial charge < -0.3 is 4.74 Å². The lowest BCUT2D eigenvalue weighted by Gasteiger charge is -2.08. The van der Waals surface area contributed by atoms with Gasteiger partial charge in [0.25, 0.3) is 0 Å². The highest BCUT2D eigenvalue weighted by molar-refractivity contribution is 7.39. The molecule has 0 bridgehead atoms. The second kappa shape index (κ2) is 4.53. The molecule has 0 saturated carbocycles. The maximum absolute atomic E-state index is 12.0. The smallest absolute Gasteiger partial charge is 0.407 e. The molecule has 76 valence electrons. The van der Waals surface area contributed by atoms with Crippen molar-refractivity contribution in [1.29, 1.82) is 0 Å². The minimum absolute atomic E-state index is 0.789. The minimum Gasteiger partial charge on any atom is -0.407 e.